The maximum Gasteiger partial charge on any atom is 0.341 e. The Labute approximate surface area is 161 Å². The number of likely N-dealkylation sites (N-methyl/N-ethyl adjacent to an activating group) is 1. The van der Waals surface area contributed by atoms with Gasteiger partial charge in [-0.1, -0.05) is 30.3 Å². The van der Waals surface area contributed by atoms with E-state index in [4.69, 9.17) is 4.74 Å². The summed E-state index contributed by atoms with van der Waals surface area (Å²) in [5, 5.41) is 0. The Kier molecular flexibility index (Phi) is 6.85. The number of hydrogen-bond acceptors (Lipinski definition) is 5. The highest BCUT2D eigenvalue weighted by Gasteiger charge is 2.26. The van der Waals surface area contributed by atoms with Gasteiger partial charge in [0.05, 0.1) is 16.5 Å². The molecule has 0 heterocycles. The van der Waals surface area contributed by atoms with E-state index in [1.807, 2.05) is 37.3 Å². The fraction of sp³-hybridized carbons (Fsp3) is 0.263. The zero-order chi connectivity index (χ0) is 20.9. The van der Waals surface area contributed by atoms with Gasteiger partial charge in [-0.3, -0.25) is 4.79 Å². The van der Waals surface area contributed by atoms with Crippen LogP contribution in [0.25, 0.3) is 0 Å². The number of rotatable bonds is 7. The summed E-state index contributed by atoms with van der Waals surface area (Å²) < 4.78 is 52.7. The molecular weight excluding hydrogens is 392 g/mol. The minimum atomic E-state index is -4.74. The van der Waals surface area contributed by atoms with Gasteiger partial charge < -0.3 is 9.64 Å². The zero-order valence-corrected chi connectivity index (χ0v) is 16.0. The first-order valence-electron chi connectivity index (χ1n) is 8.24. The first-order valence-corrected chi connectivity index (χ1v) is 9.79. The van der Waals surface area contributed by atoms with E-state index < -0.39 is 39.0 Å². The molecule has 0 spiro atoms. The van der Waals surface area contributed by atoms with Gasteiger partial charge in [-0.05, 0) is 36.8 Å². The second kappa shape index (κ2) is 8.92. The maximum atomic E-state index is 12.5. The van der Waals surface area contributed by atoms with Gasteiger partial charge in [-0.15, -0.1) is 0 Å². The molecule has 0 saturated carbocycles. The van der Waals surface area contributed by atoms with Gasteiger partial charge in [-0.2, -0.15) is 8.78 Å². The van der Waals surface area contributed by atoms with Gasteiger partial charge in [-0.25, -0.2) is 13.2 Å². The minimum Gasteiger partial charge on any atom is -0.452 e. The van der Waals surface area contributed by atoms with Gasteiger partial charge in [0.25, 0.3) is 5.91 Å². The van der Waals surface area contributed by atoms with Crippen LogP contribution in [0.5, 0.6) is 0 Å². The van der Waals surface area contributed by atoms with Crippen LogP contribution in [0.1, 0.15) is 28.9 Å². The van der Waals surface area contributed by atoms with Crippen LogP contribution < -0.4 is 0 Å². The Morgan fingerprint density at radius 1 is 1.04 bits per heavy atom. The maximum absolute atomic E-state index is 12.5. The predicted molar refractivity (Wildman–Crippen MR) is 97.5 cm³/mol. The molecule has 1 amide bonds. The highest BCUT2D eigenvalue weighted by Crippen LogP contribution is 2.20. The summed E-state index contributed by atoms with van der Waals surface area (Å²) >= 11 is 0. The monoisotopic (exact) mass is 411 g/mol. The summed E-state index contributed by atoms with van der Waals surface area (Å²) in [5.41, 5.74) is 0.861. The van der Waals surface area contributed by atoms with Crippen LogP contribution in [0, 0.1) is 0 Å². The average molecular weight is 411 g/mol. The lowest BCUT2D eigenvalue weighted by Crippen LogP contribution is -2.33. The van der Waals surface area contributed by atoms with Crippen LogP contribution in [0.3, 0.4) is 0 Å². The summed E-state index contributed by atoms with van der Waals surface area (Å²) in [6.07, 6.45) is 0. The molecule has 0 N–H and O–H groups in total. The summed E-state index contributed by atoms with van der Waals surface area (Å²) in [7, 11) is -3.16. The highest BCUT2D eigenvalue weighted by molar-refractivity contribution is 7.91. The third-order valence-electron chi connectivity index (χ3n) is 4.24. The van der Waals surface area contributed by atoms with Crippen molar-refractivity contribution in [1.82, 2.24) is 4.90 Å². The van der Waals surface area contributed by atoms with Crippen molar-refractivity contribution in [3.05, 3.63) is 65.7 Å². The molecule has 0 aliphatic carbocycles. The number of alkyl halides is 2. The lowest BCUT2D eigenvalue weighted by atomic mass is 10.1. The minimum absolute atomic E-state index is 0.0558. The molecule has 0 aliphatic heterocycles. The molecule has 0 saturated heterocycles. The van der Waals surface area contributed by atoms with Gasteiger partial charge in [0.1, 0.15) is 0 Å². The van der Waals surface area contributed by atoms with Crippen LogP contribution in [0.2, 0.25) is 0 Å². The molecule has 6 nitrogen and oxygen atoms in total. The van der Waals surface area contributed by atoms with Crippen LogP contribution in [0.4, 0.5) is 8.78 Å². The fourth-order valence-corrected chi connectivity index (χ4v) is 3.09. The van der Waals surface area contributed by atoms with Gasteiger partial charge in [0, 0.05) is 7.05 Å². The van der Waals surface area contributed by atoms with Crippen LogP contribution in [-0.2, 0) is 19.4 Å². The molecule has 0 bridgehead atoms. The largest absolute Gasteiger partial charge is 0.452 e. The summed E-state index contributed by atoms with van der Waals surface area (Å²) in [6, 6.07) is 13.0. The second-order valence-corrected chi connectivity index (χ2v) is 7.92. The van der Waals surface area contributed by atoms with E-state index in [2.05, 4.69) is 0 Å². The molecule has 28 heavy (non-hydrogen) atoms. The number of sulfone groups is 1. The van der Waals surface area contributed by atoms with Crippen molar-refractivity contribution in [3.8, 4) is 0 Å². The van der Waals surface area contributed by atoms with Crippen molar-refractivity contribution in [2.75, 3.05) is 13.7 Å². The van der Waals surface area contributed by atoms with E-state index in [0.717, 1.165) is 29.8 Å². The van der Waals surface area contributed by atoms with E-state index in [0.29, 0.717) is 0 Å². The number of hydrogen-bond donors (Lipinski definition) is 0. The quantitative estimate of drug-likeness (QED) is 0.654. The van der Waals surface area contributed by atoms with Crippen LogP contribution in [0.15, 0.2) is 59.5 Å². The molecule has 0 aromatic heterocycles. The first-order chi connectivity index (χ1) is 13.1. The Morgan fingerprint density at radius 3 is 2.14 bits per heavy atom. The van der Waals surface area contributed by atoms with Crippen molar-refractivity contribution in [2.24, 2.45) is 0 Å². The third-order valence-corrected chi connectivity index (χ3v) is 5.63. The van der Waals surface area contributed by atoms with Crippen molar-refractivity contribution in [1.29, 1.82) is 0 Å². The summed E-state index contributed by atoms with van der Waals surface area (Å²) in [5.74, 6) is -4.85. The SMILES string of the molecule is C[C@@H](c1ccccc1)N(C)C(=O)COC(=O)c1ccc(S(=O)(=O)C(F)F)cc1. The van der Waals surface area contributed by atoms with Crippen LogP contribution >= 0.6 is 0 Å². The van der Waals surface area contributed by atoms with E-state index in [1.54, 1.807) is 7.05 Å². The number of carbonyl (C=O) groups excluding carboxylic acids is 2. The molecule has 2 aromatic carbocycles. The summed E-state index contributed by atoms with van der Waals surface area (Å²) in [6.45, 7) is 1.32. The number of halogens is 2. The molecule has 150 valence electrons. The van der Waals surface area contributed by atoms with E-state index >= 15 is 0 Å². The second-order valence-electron chi connectivity index (χ2n) is 6.00. The highest BCUT2D eigenvalue weighted by atomic mass is 32.2. The Hall–Kier alpha value is -2.81. The number of amides is 1. The zero-order valence-electron chi connectivity index (χ0n) is 15.2. The fourth-order valence-electron chi connectivity index (χ4n) is 2.37. The predicted octanol–water partition coefficient (Wildman–Crippen LogP) is 3.06. The summed E-state index contributed by atoms with van der Waals surface area (Å²) in [4.78, 5) is 25.1. The molecule has 0 fully saturated rings. The molecule has 9 heteroatoms. The lowest BCUT2D eigenvalue weighted by molar-refractivity contribution is -0.135. The number of benzene rings is 2. The first kappa shape index (κ1) is 21.5. The van der Waals surface area contributed by atoms with Gasteiger partial charge in [0.2, 0.25) is 9.84 Å². The molecule has 0 unspecified atom stereocenters. The third kappa shape index (κ3) is 4.92. The standard InChI is InChI=1S/C19H19F2NO5S/c1-13(14-6-4-3-5-7-14)22(2)17(23)12-27-18(24)15-8-10-16(11-9-15)28(25,26)19(20)21/h3-11,13,19H,12H2,1-2H3/t13-/m0/s1. The van der Waals surface area contributed by atoms with E-state index in [9.17, 15) is 26.8 Å². The molecule has 0 aliphatic rings. The Bertz CT molecular complexity index is 931. The molecular formula is C19H19F2NO5S. The van der Waals surface area contributed by atoms with Crippen molar-refractivity contribution in [3.63, 3.8) is 0 Å². The van der Waals surface area contributed by atoms with Gasteiger partial charge in [0.15, 0.2) is 6.61 Å². The average Bonchev–Trinajstić information content (AvgIpc) is 2.71. The van der Waals surface area contributed by atoms with Crippen molar-refractivity contribution < 1.29 is 31.5 Å². The van der Waals surface area contributed by atoms with Crippen LogP contribution in [-0.4, -0.2) is 44.6 Å². The van der Waals surface area contributed by atoms with E-state index in [1.165, 1.54) is 4.90 Å². The number of esters is 1. The molecule has 1 atom stereocenters. The lowest BCUT2D eigenvalue weighted by Gasteiger charge is -2.25. The van der Waals surface area contributed by atoms with Crippen molar-refractivity contribution in [2.45, 2.75) is 23.6 Å². The number of carbonyl (C=O) groups is 2. The number of nitrogens with zero attached hydrogens (tertiary/aromatic N) is 1. The Balaban J connectivity index is 1.97. The van der Waals surface area contributed by atoms with E-state index in [-0.39, 0.29) is 11.6 Å². The van der Waals surface area contributed by atoms with Crippen molar-refractivity contribution >= 4 is 21.7 Å². The molecule has 0 radical (unpaired) electrons. The van der Waals surface area contributed by atoms with Gasteiger partial charge >= 0.3 is 11.7 Å². The normalized spacial score (nSPS) is 12.5. The Morgan fingerprint density at radius 2 is 1.61 bits per heavy atom. The topological polar surface area (TPSA) is 80.8 Å². The molecule has 2 aromatic rings. The molecule has 2 rings (SSSR count). The number of ether oxygens (including phenoxy) is 1. The smallest absolute Gasteiger partial charge is 0.341 e.